The Labute approximate surface area is 165 Å². The molecular formula is C20H29N5O3. The highest BCUT2D eigenvalue weighted by molar-refractivity contribution is 5.91. The average Bonchev–Trinajstić information content (AvgIpc) is 3.19. The van der Waals surface area contributed by atoms with Crippen molar-refractivity contribution in [2.75, 3.05) is 33.4 Å². The lowest BCUT2D eigenvalue weighted by molar-refractivity contribution is 0.0939. The Balaban J connectivity index is 1.66. The van der Waals surface area contributed by atoms with Crippen molar-refractivity contribution < 1.29 is 14.6 Å². The molecule has 1 aliphatic rings. The van der Waals surface area contributed by atoms with Crippen molar-refractivity contribution in [3.63, 3.8) is 0 Å². The number of methoxy groups -OCH3 is 1. The summed E-state index contributed by atoms with van der Waals surface area (Å²) in [4.78, 5) is 14.4. The highest BCUT2D eigenvalue weighted by Crippen LogP contribution is 2.26. The lowest BCUT2D eigenvalue weighted by Crippen LogP contribution is -2.36. The van der Waals surface area contributed by atoms with Gasteiger partial charge >= 0.3 is 0 Å². The fourth-order valence-corrected chi connectivity index (χ4v) is 3.69. The highest BCUT2D eigenvalue weighted by atomic mass is 16.5. The number of aryl methyl sites for hydroxylation is 2. The van der Waals surface area contributed by atoms with E-state index in [4.69, 9.17) is 9.84 Å². The van der Waals surface area contributed by atoms with Crippen molar-refractivity contribution in [1.29, 1.82) is 0 Å². The Kier molecular flexibility index (Phi) is 6.64. The molecule has 2 N–H and O–H groups in total. The number of aliphatic hydroxyl groups excluding tert-OH is 1. The minimum Gasteiger partial charge on any atom is -0.496 e. The van der Waals surface area contributed by atoms with E-state index < -0.39 is 0 Å². The van der Waals surface area contributed by atoms with E-state index in [0.717, 1.165) is 43.8 Å². The largest absolute Gasteiger partial charge is 0.496 e. The number of carbonyl (C=O) groups is 1. The molecule has 1 atom stereocenters. The number of nitrogens with one attached hydrogen (secondary N) is 1. The molecule has 1 aromatic heterocycles. The number of amides is 1. The van der Waals surface area contributed by atoms with Crippen LogP contribution < -0.4 is 10.1 Å². The molecule has 1 amide bonds. The van der Waals surface area contributed by atoms with Crippen LogP contribution >= 0.6 is 0 Å². The van der Waals surface area contributed by atoms with Gasteiger partial charge in [-0.2, -0.15) is 0 Å². The number of ether oxygens (including phenoxy) is 1. The summed E-state index contributed by atoms with van der Waals surface area (Å²) in [6.45, 7) is 7.09. The van der Waals surface area contributed by atoms with E-state index in [1.807, 2.05) is 0 Å². The molecule has 0 radical (unpaired) electrons. The van der Waals surface area contributed by atoms with Gasteiger partial charge < -0.3 is 15.2 Å². The minimum absolute atomic E-state index is 0.0955. The fourth-order valence-electron chi connectivity index (χ4n) is 3.69. The molecule has 1 fully saturated rings. The van der Waals surface area contributed by atoms with Crippen molar-refractivity contribution in [2.24, 2.45) is 0 Å². The first-order valence-electron chi connectivity index (χ1n) is 9.69. The molecule has 152 valence electrons. The molecule has 8 heteroatoms. The number of aliphatic hydroxyl groups is 1. The van der Waals surface area contributed by atoms with Crippen LogP contribution in [0.2, 0.25) is 0 Å². The summed E-state index contributed by atoms with van der Waals surface area (Å²) < 4.78 is 7.21. The number of aromatic nitrogens is 3. The van der Waals surface area contributed by atoms with Crippen LogP contribution in [0.5, 0.6) is 5.75 Å². The van der Waals surface area contributed by atoms with Gasteiger partial charge in [0, 0.05) is 19.6 Å². The molecule has 0 saturated carbocycles. The fraction of sp³-hybridized carbons (Fsp3) is 0.550. The Bertz CT molecular complexity index is 820. The van der Waals surface area contributed by atoms with E-state index in [2.05, 4.69) is 46.5 Å². The molecule has 3 rings (SSSR count). The minimum atomic E-state index is -0.308. The number of carbonyl (C=O) groups excluding carboxylic acids is 1. The zero-order valence-corrected chi connectivity index (χ0v) is 16.8. The average molecular weight is 387 g/mol. The van der Waals surface area contributed by atoms with Crippen LogP contribution in [0.25, 0.3) is 0 Å². The second kappa shape index (κ2) is 9.16. The normalized spacial score (nSPS) is 17.5. The van der Waals surface area contributed by atoms with Gasteiger partial charge in [0.2, 0.25) is 0 Å². The molecule has 0 bridgehead atoms. The molecule has 28 heavy (non-hydrogen) atoms. The quantitative estimate of drug-likeness (QED) is 0.747. The monoisotopic (exact) mass is 387 g/mol. The van der Waals surface area contributed by atoms with E-state index in [0.29, 0.717) is 0 Å². The maximum atomic E-state index is 12.0. The first-order valence-corrected chi connectivity index (χ1v) is 9.69. The van der Waals surface area contributed by atoms with E-state index >= 15 is 0 Å². The van der Waals surface area contributed by atoms with E-state index in [9.17, 15) is 4.79 Å². The van der Waals surface area contributed by atoms with Crippen LogP contribution in [-0.2, 0) is 6.54 Å². The smallest absolute Gasteiger partial charge is 0.273 e. The lowest BCUT2D eigenvalue weighted by atomic mass is 10.0. The summed E-state index contributed by atoms with van der Waals surface area (Å²) in [6.07, 6.45) is 3.78. The lowest BCUT2D eigenvalue weighted by Gasteiger charge is -2.33. The van der Waals surface area contributed by atoms with Gasteiger partial charge in [0.15, 0.2) is 5.69 Å². The van der Waals surface area contributed by atoms with Gasteiger partial charge in [-0.15, -0.1) is 5.10 Å². The van der Waals surface area contributed by atoms with Crippen LogP contribution in [0.3, 0.4) is 0 Å². The predicted octanol–water partition coefficient (Wildman–Crippen LogP) is 1.46. The number of benzene rings is 1. The molecule has 1 saturated heterocycles. The van der Waals surface area contributed by atoms with Crippen LogP contribution in [0.4, 0.5) is 0 Å². The molecule has 2 heterocycles. The summed E-state index contributed by atoms with van der Waals surface area (Å²) >= 11 is 0. The topological polar surface area (TPSA) is 92.5 Å². The van der Waals surface area contributed by atoms with E-state index in [-0.39, 0.29) is 30.8 Å². The van der Waals surface area contributed by atoms with E-state index in [1.165, 1.54) is 11.1 Å². The van der Waals surface area contributed by atoms with Gasteiger partial charge in [0.1, 0.15) is 5.75 Å². The number of nitrogens with zero attached hydrogens (tertiary/aromatic N) is 4. The summed E-state index contributed by atoms with van der Waals surface area (Å²) in [6, 6.07) is 4.50. The number of hydrogen-bond donors (Lipinski definition) is 2. The van der Waals surface area contributed by atoms with Crippen molar-refractivity contribution in [3.05, 3.63) is 40.7 Å². The van der Waals surface area contributed by atoms with Crippen molar-refractivity contribution >= 4 is 5.91 Å². The third kappa shape index (κ3) is 4.69. The van der Waals surface area contributed by atoms with Crippen LogP contribution in [0, 0.1) is 13.8 Å². The Hall–Kier alpha value is -2.45. The van der Waals surface area contributed by atoms with Crippen LogP contribution in [-0.4, -0.2) is 64.3 Å². The maximum absolute atomic E-state index is 12.0. The first-order chi connectivity index (χ1) is 13.5. The second-order valence-corrected chi connectivity index (χ2v) is 7.34. The van der Waals surface area contributed by atoms with E-state index in [1.54, 1.807) is 18.0 Å². The standard InChI is InChI=1S/C20H29N5O3/c1-14-10-19(28-3)15(2)9-16(14)11-24-7-4-5-17(12-24)25-13-18(22-23-25)20(27)21-6-8-26/h9-10,13,17,26H,4-8,11-12H2,1-3H3,(H,21,27)/t17-/m0/s1. The number of hydrogen-bond acceptors (Lipinski definition) is 6. The molecule has 0 spiro atoms. The molecular weight excluding hydrogens is 358 g/mol. The van der Waals surface area contributed by atoms with Crippen molar-refractivity contribution in [2.45, 2.75) is 39.3 Å². The predicted molar refractivity (Wildman–Crippen MR) is 105 cm³/mol. The van der Waals surface area contributed by atoms with Gasteiger partial charge in [0.25, 0.3) is 5.91 Å². The number of piperidine rings is 1. The van der Waals surface area contributed by atoms with Crippen molar-refractivity contribution in [1.82, 2.24) is 25.2 Å². The molecule has 0 aliphatic carbocycles. The summed E-state index contributed by atoms with van der Waals surface area (Å²) in [5.74, 6) is 0.615. The Morgan fingerprint density at radius 1 is 1.36 bits per heavy atom. The van der Waals surface area contributed by atoms with Crippen molar-refractivity contribution in [3.8, 4) is 5.75 Å². The van der Waals surface area contributed by atoms with Crippen LogP contribution in [0.15, 0.2) is 18.3 Å². The molecule has 1 aliphatic heterocycles. The second-order valence-electron chi connectivity index (χ2n) is 7.34. The Morgan fingerprint density at radius 2 is 2.18 bits per heavy atom. The van der Waals surface area contributed by atoms with Gasteiger partial charge in [0.05, 0.1) is 26.0 Å². The van der Waals surface area contributed by atoms with Crippen LogP contribution in [0.1, 0.15) is 46.1 Å². The van der Waals surface area contributed by atoms with Gasteiger partial charge in [-0.3, -0.25) is 9.69 Å². The number of rotatable bonds is 7. The summed E-state index contributed by atoms with van der Waals surface area (Å²) in [5, 5.41) is 19.6. The SMILES string of the molecule is COc1cc(C)c(CN2CCC[C@H](n3cc(C(=O)NCCO)nn3)C2)cc1C. The van der Waals surface area contributed by atoms with Gasteiger partial charge in [-0.1, -0.05) is 11.3 Å². The molecule has 8 nitrogen and oxygen atoms in total. The maximum Gasteiger partial charge on any atom is 0.273 e. The third-order valence-electron chi connectivity index (χ3n) is 5.24. The zero-order valence-electron chi connectivity index (χ0n) is 16.8. The summed E-state index contributed by atoms with van der Waals surface area (Å²) in [7, 11) is 1.70. The number of likely N-dealkylation sites (tertiary alicyclic amines) is 1. The van der Waals surface area contributed by atoms with Gasteiger partial charge in [-0.25, -0.2) is 4.68 Å². The third-order valence-corrected chi connectivity index (χ3v) is 5.24. The molecule has 0 unspecified atom stereocenters. The Morgan fingerprint density at radius 3 is 2.93 bits per heavy atom. The summed E-state index contributed by atoms with van der Waals surface area (Å²) in [5.41, 5.74) is 3.97. The highest BCUT2D eigenvalue weighted by Gasteiger charge is 2.24. The zero-order chi connectivity index (χ0) is 20.1. The van der Waals surface area contributed by atoms with Gasteiger partial charge in [-0.05, 0) is 56.0 Å². The molecule has 1 aromatic carbocycles. The first kappa shape index (κ1) is 20.3. The molecule has 2 aromatic rings.